The van der Waals surface area contributed by atoms with E-state index in [1.807, 2.05) is 24.3 Å². The topological polar surface area (TPSA) is 42.7 Å². The van der Waals surface area contributed by atoms with Gasteiger partial charge >= 0.3 is 5.63 Å². The summed E-state index contributed by atoms with van der Waals surface area (Å²) in [6.45, 7) is 2.22. The predicted octanol–water partition coefficient (Wildman–Crippen LogP) is 3.94. The Morgan fingerprint density at radius 1 is 1.08 bits per heavy atom. The van der Waals surface area contributed by atoms with Gasteiger partial charge < -0.3 is 9.15 Å². The van der Waals surface area contributed by atoms with Crippen LogP contribution in [0.2, 0.25) is 0 Å². The molecular weight excluding hydrogens is 326 g/mol. The van der Waals surface area contributed by atoms with Gasteiger partial charge in [0.2, 0.25) is 0 Å². The quantitative estimate of drug-likeness (QED) is 0.579. The van der Waals surface area contributed by atoms with E-state index >= 15 is 0 Å². The summed E-state index contributed by atoms with van der Waals surface area (Å²) < 4.78 is 12.2. The van der Waals surface area contributed by atoms with E-state index in [0.717, 1.165) is 11.8 Å². The summed E-state index contributed by atoms with van der Waals surface area (Å²) in [6, 6.07) is 16.5. The smallest absolute Gasteiger partial charge is 0.343 e. The van der Waals surface area contributed by atoms with E-state index in [0.29, 0.717) is 16.9 Å². The summed E-state index contributed by atoms with van der Waals surface area (Å²) >= 11 is 0. The highest BCUT2D eigenvalue weighted by Gasteiger charge is 2.61. The zero-order chi connectivity index (χ0) is 17.6. The molecule has 4 nitrogen and oxygen atoms in total. The Morgan fingerprint density at radius 2 is 1.81 bits per heavy atom. The molecule has 0 radical (unpaired) electrons. The van der Waals surface area contributed by atoms with Gasteiger partial charge in [-0.05, 0) is 36.7 Å². The van der Waals surface area contributed by atoms with E-state index in [4.69, 9.17) is 9.15 Å². The first-order chi connectivity index (χ1) is 12.6. The predicted molar refractivity (Wildman–Crippen MR) is 98.6 cm³/mol. The molecule has 4 heteroatoms. The van der Waals surface area contributed by atoms with Crippen LogP contribution in [0, 0.1) is 0 Å². The van der Waals surface area contributed by atoms with Crippen molar-refractivity contribution in [2.45, 2.75) is 36.9 Å². The normalized spacial score (nSPS) is 31.4. The average Bonchev–Trinajstić information content (AvgIpc) is 2.64. The third kappa shape index (κ3) is 1.53. The molecule has 3 aliphatic heterocycles. The maximum absolute atomic E-state index is 13.0. The van der Waals surface area contributed by atoms with Gasteiger partial charge in [0.25, 0.3) is 0 Å². The molecule has 0 saturated carbocycles. The third-order valence-corrected chi connectivity index (χ3v) is 6.75. The molecule has 0 amide bonds. The number of para-hydroxylation sites is 1. The minimum absolute atomic E-state index is 0.0636. The Labute approximate surface area is 151 Å². The summed E-state index contributed by atoms with van der Waals surface area (Å²) in [5.41, 5.74) is 3.44. The van der Waals surface area contributed by atoms with Crippen LogP contribution in [0.4, 0.5) is 0 Å². The van der Waals surface area contributed by atoms with Crippen molar-refractivity contribution < 1.29 is 9.15 Å². The van der Waals surface area contributed by atoms with Crippen LogP contribution in [0.15, 0.2) is 57.7 Å². The van der Waals surface area contributed by atoms with Gasteiger partial charge in [0.15, 0.2) is 6.23 Å². The minimum Gasteiger partial charge on any atom is -0.473 e. The van der Waals surface area contributed by atoms with Crippen LogP contribution in [0.3, 0.4) is 0 Å². The van der Waals surface area contributed by atoms with Gasteiger partial charge in [-0.1, -0.05) is 43.3 Å². The summed E-state index contributed by atoms with van der Waals surface area (Å²) in [5.74, 6) is 0.843. The molecule has 4 atom stereocenters. The first kappa shape index (κ1) is 14.6. The highest BCUT2D eigenvalue weighted by atomic mass is 16.5. The molecule has 1 aliphatic carbocycles. The fraction of sp³-hybridized carbons (Fsp3) is 0.318. The van der Waals surface area contributed by atoms with Crippen LogP contribution in [-0.2, 0) is 5.41 Å². The van der Waals surface area contributed by atoms with Crippen molar-refractivity contribution in [1.82, 2.24) is 4.90 Å². The zero-order valence-corrected chi connectivity index (χ0v) is 14.7. The second kappa shape index (κ2) is 4.57. The Kier molecular flexibility index (Phi) is 2.56. The molecule has 1 aromatic heterocycles. The van der Waals surface area contributed by atoms with Crippen LogP contribution >= 0.6 is 0 Å². The highest BCUT2D eigenvalue weighted by molar-refractivity contribution is 5.85. The standard InChI is InChI=1S/C22H19NO3/c1-22-11-15-12-7-3-4-8-13(12)17(22)20(23(15)2)26-19-14-9-5-6-10-16(14)25-21(24)18(19)22/h3-10,15,17,20H,11H2,1-2H3. The Balaban J connectivity index is 1.71. The molecule has 4 unspecified atom stereocenters. The maximum Gasteiger partial charge on any atom is 0.343 e. The van der Waals surface area contributed by atoms with Gasteiger partial charge in [-0.2, -0.15) is 0 Å². The highest BCUT2D eigenvalue weighted by Crippen LogP contribution is 2.63. The van der Waals surface area contributed by atoms with Crippen LogP contribution in [0.25, 0.3) is 11.0 Å². The molecule has 1 saturated heterocycles. The first-order valence-corrected chi connectivity index (χ1v) is 9.13. The molecule has 1 fully saturated rings. The van der Waals surface area contributed by atoms with Crippen molar-refractivity contribution in [3.63, 3.8) is 0 Å². The van der Waals surface area contributed by atoms with Crippen LogP contribution in [-0.4, -0.2) is 18.2 Å². The van der Waals surface area contributed by atoms with E-state index in [1.165, 1.54) is 11.1 Å². The van der Waals surface area contributed by atoms with Crippen molar-refractivity contribution in [2.24, 2.45) is 0 Å². The number of piperidine rings is 1. The number of hydrogen-bond acceptors (Lipinski definition) is 4. The van der Waals surface area contributed by atoms with E-state index < -0.39 is 0 Å². The van der Waals surface area contributed by atoms with E-state index in [-0.39, 0.29) is 29.2 Å². The summed E-state index contributed by atoms with van der Waals surface area (Å²) in [7, 11) is 2.14. The van der Waals surface area contributed by atoms with Gasteiger partial charge in [-0.25, -0.2) is 4.79 Å². The second-order valence-electron chi connectivity index (χ2n) is 8.01. The number of rotatable bonds is 0. The molecule has 4 bridgehead atoms. The van der Waals surface area contributed by atoms with Crippen LogP contribution < -0.4 is 10.4 Å². The maximum atomic E-state index is 13.0. The first-order valence-electron chi connectivity index (χ1n) is 9.13. The summed E-state index contributed by atoms with van der Waals surface area (Å²) in [5, 5.41) is 0.887. The Bertz CT molecular complexity index is 1130. The van der Waals surface area contributed by atoms with Crippen LogP contribution in [0.5, 0.6) is 5.75 Å². The Hall–Kier alpha value is -2.59. The van der Waals surface area contributed by atoms with E-state index in [2.05, 4.69) is 43.1 Å². The van der Waals surface area contributed by atoms with Crippen molar-refractivity contribution >= 4 is 11.0 Å². The SMILES string of the molecule is CN1C2CC3(C)c4c(c5ccccc5oc4=O)OC1C3c1ccccc12. The lowest BCUT2D eigenvalue weighted by Gasteiger charge is -2.60. The fourth-order valence-electron chi connectivity index (χ4n) is 5.59. The van der Waals surface area contributed by atoms with Gasteiger partial charge in [0, 0.05) is 17.4 Å². The van der Waals surface area contributed by atoms with Crippen LogP contribution in [0.1, 0.15) is 42.0 Å². The van der Waals surface area contributed by atoms with Gasteiger partial charge in [-0.3, -0.25) is 4.90 Å². The number of likely N-dealkylation sites (N-methyl/N-ethyl adjacent to an activating group) is 1. The van der Waals surface area contributed by atoms with Crippen molar-refractivity contribution in [3.05, 3.63) is 75.6 Å². The molecule has 4 aliphatic rings. The molecule has 2 aromatic carbocycles. The number of ether oxygens (including phenoxy) is 1. The molecule has 26 heavy (non-hydrogen) atoms. The largest absolute Gasteiger partial charge is 0.473 e. The molecule has 7 rings (SSSR count). The number of hydrogen-bond donors (Lipinski definition) is 0. The minimum atomic E-state index is -0.283. The molecule has 0 N–H and O–H groups in total. The Morgan fingerprint density at radius 3 is 2.65 bits per heavy atom. The lowest BCUT2D eigenvalue weighted by atomic mass is 9.55. The van der Waals surface area contributed by atoms with Crippen molar-refractivity contribution in [3.8, 4) is 5.75 Å². The number of fused-ring (bicyclic) bond motifs is 3. The molecule has 3 aromatic rings. The number of nitrogens with zero attached hydrogens (tertiary/aromatic N) is 1. The fourth-order valence-corrected chi connectivity index (χ4v) is 5.59. The summed E-state index contributed by atoms with van der Waals surface area (Å²) in [4.78, 5) is 15.3. The van der Waals surface area contributed by atoms with E-state index in [1.54, 1.807) is 0 Å². The van der Waals surface area contributed by atoms with Gasteiger partial charge in [-0.15, -0.1) is 0 Å². The third-order valence-electron chi connectivity index (χ3n) is 6.75. The van der Waals surface area contributed by atoms with E-state index in [9.17, 15) is 4.79 Å². The van der Waals surface area contributed by atoms with Crippen molar-refractivity contribution in [1.29, 1.82) is 0 Å². The number of benzene rings is 2. The average molecular weight is 345 g/mol. The van der Waals surface area contributed by atoms with Crippen molar-refractivity contribution in [2.75, 3.05) is 7.05 Å². The lowest BCUT2D eigenvalue weighted by molar-refractivity contribution is -0.0994. The molecule has 0 spiro atoms. The van der Waals surface area contributed by atoms with Gasteiger partial charge in [0.1, 0.15) is 11.3 Å². The monoisotopic (exact) mass is 345 g/mol. The molecular formula is C22H19NO3. The summed E-state index contributed by atoms with van der Waals surface area (Å²) in [6.07, 6.45) is 0.840. The molecule has 4 heterocycles. The lowest BCUT2D eigenvalue weighted by Crippen LogP contribution is -2.62. The van der Waals surface area contributed by atoms with Gasteiger partial charge in [0.05, 0.1) is 10.9 Å². The molecule has 130 valence electrons. The second-order valence-corrected chi connectivity index (χ2v) is 8.01. The zero-order valence-electron chi connectivity index (χ0n) is 14.7.